The van der Waals surface area contributed by atoms with Crippen LogP contribution >= 0.6 is 35.6 Å². The standard InChI is InChI=1S/C19H21ClN4O2.C18H20ClN5O2.C9H16O2.ClH/c1-10(11-5-3-2-4-6-11)18(25)22-12-7-13-16-14(9-21-24-19(13)26)17(20)23-15(16)8-12;19-16-12-8-21-24-17(25)11-6-10(7-13(23-16)14(11)12)22-18(26)15(20)9-4-2-1-3-5-9;1-7(9(10)11)8-5-3-2-4-6-8;/h7-11,23H,2-6H2,1H3,(H,22,25)(H,24,26);6-9,15,23H,1-5,20H2,(H,22,26)(H,24,25);7-8H,2-6H2,1H3,(H,10,11);1H/t10-;15-;7-;/m111./s1. The fraction of sp³-hybridized carbons (Fsp3) is 0.500. The lowest BCUT2D eigenvalue weighted by Crippen LogP contribution is -2.42. The van der Waals surface area contributed by atoms with Gasteiger partial charge < -0.3 is 31.4 Å². The van der Waals surface area contributed by atoms with Gasteiger partial charge in [0.05, 0.1) is 46.5 Å². The second-order valence-corrected chi connectivity index (χ2v) is 18.4. The summed E-state index contributed by atoms with van der Waals surface area (Å²) in [4.78, 5) is 66.6. The van der Waals surface area contributed by atoms with Crippen molar-refractivity contribution < 1.29 is 29.1 Å². The Morgan fingerprint density at radius 3 is 1.45 bits per heavy atom. The van der Waals surface area contributed by atoms with Gasteiger partial charge >= 0.3 is 5.97 Å². The number of carboxylic acid groups (broad SMARTS) is 1. The normalized spacial score (nSPS) is 19.0. The number of hydrogen-bond donors (Lipinski definition) is 8. The molecule has 0 saturated heterocycles. The van der Waals surface area contributed by atoms with Gasteiger partial charge in [-0.2, -0.15) is 10.2 Å². The number of carbonyl (C=O) groups is 5. The molecule has 2 aliphatic heterocycles. The zero-order valence-electron chi connectivity index (χ0n) is 36.2. The third kappa shape index (κ3) is 11.1. The summed E-state index contributed by atoms with van der Waals surface area (Å²) in [7, 11) is 0. The number of anilines is 2. The first-order valence-electron chi connectivity index (χ1n) is 22.3. The number of benzene rings is 2. The topological polar surface area (TPSA) is 236 Å². The molecule has 4 aromatic rings. The summed E-state index contributed by atoms with van der Waals surface area (Å²) in [5, 5.41) is 24.5. The largest absolute Gasteiger partial charge is 0.481 e. The quantitative estimate of drug-likeness (QED) is 0.0851. The van der Waals surface area contributed by atoms with Crippen molar-refractivity contribution in [2.24, 2.45) is 45.5 Å². The fourth-order valence-electron chi connectivity index (χ4n) is 9.70. The van der Waals surface area contributed by atoms with Crippen molar-refractivity contribution in [3.05, 3.63) is 56.8 Å². The molecular weight excluding hydrogens is 881 g/mol. The molecule has 15 nitrogen and oxygen atoms in total. The SMILES string of the molecule is C[C@@H](C(=O)Nc1cc2c3c(c(Cl)[nH]c3c1)C=NNC2=O)C1CCCCC1.C[C@@H](C(=O)O)C1CCCCC1.Cl.N[C@@H](C(=O)Nc1cc2c3c(c(Cl)[nH]c3c1)C=NNC2=O)C1CCCCC1. The monoisotopic (exact) mass is 937 g/mol. The summed E-state index contributed by atoms with van der Waals surface area (Å²) in [6.45, 7) is 3.82. The fourth-order valence-corrected chi connectivity index (χ4v) is 10.2. The molecule has 3 fully saturated rings. The van der Waals surface area contributed by atoms with E-state index in [1.165, 1.54) is 57.4 Å². The third-order valence-corrected chi connectivity index (χ3v) is 14.1. The molecule has 3 atom stereocenters. The van der Waals surface area contributed by atoms with Gasteiger partial charge in [0.25, 0.3) is 11.8 Å². The molecule has 0 bridgehead atoms. The molecule has 0 spiro atoms. The van der Waals surface area contributed by atoms with Crippen LogP contribution in [0.2, 0.25) is 10.3 Å². The maximum Gasteiger partial charge on any atom is 0.306 e. The van der Waals surface area contributed by atoms with Crippen LogP contribution in [0, 0.1) is 29.6 Å². The van der Waals surface area contributed by atoms with E-state index < -0.39 is 12.0 Å². The second kappa shape index (κ2) is 21.8. The molecule has 2 aromatic heterocycles. The first-order chi connectivity index (χ1) is 30.3. The molecule has 0 unspecified atom stereocenters. The zero-order valence-corrected chi connectivity index (χ0v) is 38.5. The van der Waals surface area contributed by atoms with Gasteiger partial charge in [-0.3, -0.25) is 24.0 Å². The number of nitrogens with two attached hydrogens (primary N) is 1. The van der Waals surface area contributed by atoms with Crippen molar-refractivity contribution in [3.63, 3.8) is 0 Å². The minimum atomic E-state index is -0.628. The molecule has 4 heterocycles. The first-order valence-corrected chi connectivity index (χ1v) is 23.0. The Labute approximate surface area is 388 Å². The minimum absolute atomic E-state index is 0. The maximum atomic E-state index is 12.7. The smallest absolute Gasteiger partial charge is 0.306 e. The Morgan fingerprint density at radius 2 is 1.03 bits per heavy atom. The highest BCUT2D eigenvalue weighted by atomic mass is 35.5. The van der Waals surface area contributed by atoms with Gasteiger partial charge in [-0.05, 0) is 80.5 Å². The van der Waals surface area contributed by atoms with Crippen molar-refractivity contribution in [2.75, 3.05) is 10.6 Å². The number of hydrazone groups is 2. The lowest BCUT2D eigenvalue weighted by molar-refractivity contribution is -0.143. The summed E-state index contributed by atoms with van der Waals surface area (Å²) in [6, 6.07) is 6.33. The molecule has 0 radical (unpaired) electrons. The predicted octanol–water partition coefficient (Wildman–Crippen LogP) is 9.51. The number of carboxylic acids is 1. The number of carbonyl (C=O) groups excluding carboxylic acids is 4. The van der Waals surface area contributed by atoms with Crippen molar-refractivity contribution in [2.45, 2.75) is 116 Å². The highest BCUT2D eigenvalue weighted by Gasteiger charge is 2.29. The number of amides is 4. The van der Waals surface area contributed by atoms with E-state index in [9.17, 15) is 24.0 Å². The Hall–Kier alpha value is -4.96. The average Bonchev–Trinajstić information content (AvgIpc) is 3.64. The summed E-state index contributed by atoms with van der Waals surface area (Å²) in [5.74, 6) is -0.642. The molecule has 3 saturated carbocycles. The number of rotatable bonds is 8. The van der Waals surface area contributed by atoms with Crippen molar-refractivity contribution >= 4 is 111 Å². The van der Waals surface area contributed by atoms with E-state index in [4.69, 9.17) is 34.0 Å². The Balaban J connectivity index is 0.000000171. The number of nitrogens with zero attached hydrogens (tertiary/aromatic N) is 2. The van der Waals surface area contributed by atoms with Gasteiger partial charge in [0.2, 0.25) is 11.8 Å². The van der Waals surface area contributed by atoms with Crippen LogP contribution < -0.4 is 27.2 Å². The summed E-state index contributed by atoms with van der Waals surface area (Å²) in [5.41, 5.74) is 15.7. The van der Waals surface area contributed by atoms with E-state index in [1.807, 2.05) is 19.9 Å². The van der Waals surface area contributed by atoms with Crippen LogP contribution in [-0.4, -0.2) is 63.1 Å². The Bertz CT molecular complexity index is 2280. The summed E-state index contributed by atoms with van der Waals surface area (Å²) < 4.78 is 0. The molecule has 344 valence electrons. The van der Waals surface area contributed by atoms with Crippen molar-refractivity contribution in [1.82, 2.24) is 20.8 Å². The Kier molecular flexibility index (Phi) is 16.5. The molecule has 5 aliphatic rings. The van der Waals surface area contributed by atoms with Crippen LogP contribution in [0.5, 0.6) is 0 Å². The van der Waals surface area contributed by atoms with Crippen molar-refractivity contribution in [1.29, 1.82) is 0 Å². The van der Waals surface area contributed by atoms with Gasteiger partial charge in [-0.25, -0.2) is 10.9 Å². The van der Waals surface area contributed by atoms with Crippen LogP contribution in [0.1, 0.15) is 142 Å². The highest BCUT2D eigenvalue weighted by Crippen LogP contribution is 2.36. The molecule has 9 rings (SSSR count). The molecule has 2 aromatic carbocycles. The predicted molar refractivity (Wildman–Crippen MR) is 255 cm³/mol. The van der Waals surface area contributed by atoms with E-state index >= 15 is 0 Å². The molecule has 18 heteroatoms. The molecule has 9 N–H and O–H groups in total. The van der Waals surface area contributed by atoms with E-state index in [0.29, 0.717) is 77.6 Å². The van der Waals surface area contributed by atoms with E-state index in [-0.39, 0.29) is 53.8 Å². The number of H-pyrrole nitrogens is 2. The van der Waals surface area contributed by atoms with Crippen LogP contribution in [0.25, 0.3) is 21.8 Å². The van der Waals surface area contributed by atoms with Crippen LogP contribution in [0.3, 0.4) is 0 Å². The van der Waals surface area contributed by atoms with E-state index in [1.54, 1.807) is 18.2 Å². The molecule has 3 aliphatic carbocycles. The summed E-state index contributed by atoms with van der Waals surface area (Å²) in [6.07, 6.45) is 20.3. The van der Waals surface area contributed by atoms with Crippen LogP contribution in [0.4, 0.5) is 11.4 Å². The molecule has 4 amide bonds. The second-order valence-electron chi connectivity index (χ2n) is 17.6. The van der Waals surface area contributed by atoms with Gasteiger partial charge in [-0.1, -0.05) is 94.8 Å². The molecular formula is C46H58Cl3N9O6. The van der Waals surface area contributed by atoms with Crippen molar-refractivity contribution in [3.8, 4) is 0 Å². The number of hydrogen-bond acceptors (Lipinski definition) is 8. The maximum absolute atomic E-state index is 12.7. The lowest BCUT2D eigenvalue weighted by atomic mass is 9.80. The minimum Gasteiger partial charge on any atom is -0.481 e. The van der Waals surface area contributed by atoms with Gasteiger partial charge in [0, 0.05) is 39.2 Å². The number of aromatic amines is 2. The number of halogens is 3. The van der Waals surface area contributed by atoms with Crippen LogP contribution in [-0.2, 0) is 14.4 Å². The third-order valence-electron chi connectivity index (χ3n) is 13.5. The number of nitrogens with one attached hydrogen (secondary N) is 6. The average molecular weight is 939 g/mol. The highest BCUT2D eigenvalue weighted by molar-refractivity contribution is 6.36. The van der Waals surface area contributed by atoms with E-state index in [0.717, 1.165) is 51.4 Å². The van der Waals surface area contributed by atoms with Gasteiger partial charge in [0.15, 0.2) is 0 Å². The van der Waals surface area contributed by atoms with Gasteiger partial charge in [-0.15, -0.1) is 12.4 Å². The van der Waals surface area contributed by atoms with E-state index in [2.05, 4.69) is 41.7 Å². The first kappa shape index (κ1) is 48.5. The lowest BCUT2D eigenvalue weighted by Gasteiger charge is -2.26. The summed E-state index contributed by atoms with van der Waals surface area (Å²) >= 11 is 12.4. The van der Waals surface area contributed by atoms with Crippen LogP contribution in [0.15, 0.2) is 34.5 Å². The zero-order chi connectivity index (χ0) is 44.8. The number of aliphatic carboxylic acids is 1. The Morgan fingerprint density at radius 1 is 0.641 bits per heavy atom. The van der Waals surface area contributed by atoms with Gasteiger partial charge in [0.1, 0.15) is 10.3 Å². The number of aromatic nitrogens is 2. The molecule has 64 heavy (non-hydrogen) atoms.